The largest absolute Gasteiger partial charge is 0.490 e. The second-order valence-corrected chi connectivity index (χ2v) is 6.75. The van der Waals surface area contributed by atoms with E-state index in [0.717, 1.165) is 36.6 Å². The summed E-state index contributed by atoms with van der Waals surface area (Å²) in [6, 6.07) is 9.83. The molecule has 0 amide bonds. The first-order chi connectivity index (χ1) is 12.2. The van der Waals surface area contributed by atoms with E-state index in [-0.39, 0.29) is 17.4 Å². The molecule has 1 aliphatic rings. The van der Waals surface area contributed by atoms with Gasteiger partial charge in [0.1, 0.15) is 5.82 Å². The van der Waals surface area contributed by atoms with E-state index < -0.39 is 0 Å². The number of nitrogens with one attached hydrogen (secondary N) is 1. The number of fused-ring (bicyclic) bond motifs is 1. The van der Waals surface area contributed by atoms with Gasteiger partial charge in [0, 0.05) is 11.5 Å². The van der Waals surface area contributed by atoms with Crippen molar-refractivity contribution in [2.75, 3.05) is 6.61 Å². The third kappa shape index (κ3) is 3.36. The Hall–Kier alpha value is -2.43. The standard InChI is InChI=1S/C20H20F2N2O/c21-16-7-5-13(6-8-16)17-4-2-1-3-14(17)12-25-20-9-15-11-23-24-19(15)10-18(20)22/h5-11,14,17H,1-4,12H2,(H,23,24)/t14-,17-/m0/s1. The Balaban J connectivity index is 1.51. The summed E-state index contributed by atoms with van der Waals surface area (Å²) in [5, 5.41) is 7.49. The lowest BCUT2D eigenvalue weighted by Crippen LogP contribution is -2.24. The summed E-state index contributed by atoms with van der Waals surface area (Å²) in [6.45, 7) is 0.461. The molecule has 0 saturated heterocycles. The van der Waals surface area contributed by atoms with Gasteiger partial charge in [-0.1, -0.05) is 25.0 Å². The summed E-state index contributed by atoms with van der Waals surface area (Å²) in [5.74, 6) is 0.291. The zero-order valence-electron chi connectivity index (χ0n) is 13.8. The van der Waals surface area contributed by atoms with Gasteiger partial charge in [0.25, 0.3) is 0 Å². The monoisotopic (exact) mass is 342 g/mol. The third-order valence-corrected chi connectivity index (χ3v) is 5.15. The fourth-order valence-electron chi connectivity index (χ4n) is 3.81. The molecule has 0 aliphatic heterocycles. The molecule has 1 fully saturated rings. The van der Waals surface area contributed by atoms with Gasteiger partial charge in [0.05, 0.1) is 18.3 Å². The summed E-state index contributed by atoms with van der Waals surface area (Å²) in [6.07, 6.45) is 6.06. The molecule has 1 aliphatic carbocycles. The lowest BCUT2D eigenvalue weighted by atomic mass is 9.76. The number of aromatic amines is 1. The van der Waals surface area contributed by atoms with Crippen molar-refractivity contribution in [2.45, 2.75) is 31.6 Å². The van der Waals surface area contributed by atoms with E-state index in [1.54, 1.807) is 12.3 Å². The average Bonchev–Trinajstić information content (AvgIpc) is 3.08. The summed E-state index contributed by atoms with van der Waals surface area (Å²) in [5.41, 5.74) is 1.80. The van der Waals surface area contributed by atoms with E-state index in [2.05, 4.69) is 10.2 Å². The summed E-state index contributed by atoms with van der Waals surface area (Å²) in [4.78, 5) is 0. The maximum absolute atomic E-state index is 14.2. The highest BCUT2D eigenvalue weighted by Crippen LogP contribution is 2.38. The Labute approximate surface area is 145 Å². The van der Waals surface area contributed by atoms with Crippen LogP contribution < -0.4 is 4.74 Å². The van der Waals surface area contributed by atoms with Crippen molar-refractivity contribution in [3.63, 3.8) is 0 Å². The molecule has 130 valence electrons. The number of H-pyrrole nitrogens is 1. The van der Waals surface area contributed by atoms with Crippen molar-refractivity contribution in [1.29, 1.82) is 0 Å². The fourth-order valence-corrected chi connectivity index (χ4v) is 3.81. The normalized spacial score (nSPS) is 20.7. The van der Waals surface area contributed by atoms with Crippen LogP contribution in [0.5, 0.6) is 5.75 Å². The quantitative estimate of drug-likeness (QED) is 0.708. The van der Waals surface area contributed by atoms with Crippen molar-refractivity contribution in [3.8, 4) is 5.75 Å². The summed E-state index contributed by atoms with van der Waals surface area (Å²) >= 11 is 0. The van der Waals surface area contributed by atoms with Crippen LogP contribution in [0.1, 0.15) is 37.2 Å². The molecule has 0 spiro atoms. The molecule has 3 aromatic rings. The van der Waals surface area contributed by atoms with Gasteiger partial charge in [-0.2, -0.15) is 5.10 Å². The molecule has 1 heterocycles. The molecule has 5 heteroatoms. The van der Waals surface area contributed by atoms with Crippen LogP contribution in [-0.2, 0) is 0 Å². The van der Waals surface area contributed by atoms with E-state index >= 15 is 0 Å². The Morgan fingerprint density at radius 3 is 2.72 bits per heavy atom. The number of nitrogens with zero attached hydrogens (tertiary/aromatic N) is 1. The maximum atomic E-state index is 14.2. The lowest BCUT2D eigenvalue weighted by molar-refractivity contribution is 0.181. The summed E-state index contributed by atoms with van der Waals surface area (Å²) < 4.78 is 33.2. The first-order valence-electron chi connectivity index (χ1n) is 8.71. The van der Waals surface area contributed by atoms with Crippen LogP contribution >= 0.6 is 0 Å². The first kappa shape index (κ1) is 16.1. The van der Waals surface area contributed by atoms with E-state index in [4.69, 9.17) is 4.74 Å². The van der Waals surface area contributed by atoms with Gasteiger partial charge in [0.15, 0.2) is 11.6 Å². The van der Waals surface area contributed by atoms with Gasteiger partial charge in [-0.25, -0.2) is 8.78 Å². The van der Waals surface area contributed by atoms with Gasteiger partial charge < -0.3 is 4.74 Å². The molecular weight excluding hydrogens is 322 g/mol. The minimum absolute atomic E-state index is 0.220. The molecular formula is C20H20F2N2O. The third-order valence-electron chi connectivity index (χ3n) is 5.15. The molecule has 0 radical (unpaired) electrons. The van der Waals surface area contributed by atoms with Gasteiger partial charge in [-0.05, 0) is 48.4 Å². The van der Waals surface area contributed by atoms with Crippen molar-refractivity contribution >= 4 is 10.9 Å². The number of rotatable bonds is 4. The molecule has 0 bridgehead atoms. The fraction of sp³-hybridized carbons (Fsp3) is 0.350. The maximum Gasteiger partial charge on any atom is 0.167 e. The van der Waals surface area contributed by atoms with E-state index in [1.807, 2.05) is 12.1 Å². The minimum atomic E-state index is -0.383. The average molecular weight is 342 g/mol. The zero-order valence-corrected chi connectivity index (χ0v) is 13.8. The smallest absolute Gasteiger partial charge is 0.167 e. The van der Waals surface area contributed by atoms with Crippen LogP contribution in [0.15, 0.2) is 42.6 Å². The molecule has 1 N–H and O–H groups in total. The van der Waals surface area contributed by atoms with Crippen molar-refractivity contribution in [3.05, 3.63) is 59.8 Å². The number of hydrogen-bond donors (Lipinski definition) is 1. The van der Waals surface area contributed by atoms with Crippen LogP contribution in [0, 0.1) is 17.6 Å². The van der Waals surface area contributed by atoms with Crippen molar-refractivity contribution < 1.29 is 13.5 Å². The number of halogens is 2. The van der Waals surface area contributed by atoms with Crippen molar-refractivity contribution in [2.24, 2.45) is 5.92 Å². The SMILES string of the molecule is Fc1ccc([C@@H]2CCCC[C@H]2COc2cc3cn[nH]c3cc2F)cc1. The van der Waals surface area contributed by atoms with Crippen molar-refractivity contribution in [1.82, 2.24) is 10.2 Å². The molecule has 1 aromatic heterocycles. The highest BCUT2D eigenvalue weighted by molar-refractivity contribution is 5.79. The van der Waals surface area contributed by atoms with Crippen LogP contribution in [0.25, 0.3) is 10.9 Å². The Morgan fingerprint density at radius 2 is 1.88 bits per heavy atom. The minimum Gasteiger partial charge on any atom is -0.490 e. The highest BCUT2D eigenvalue weighted by atomic mass is 19.1. The van der Waals surface area contributed by atoms with Gasteiger partial charge in [0.2, 0.25) is 0 Å². The second kappa shape index (κ2) is 6.82. The molecule has 3 nitrogen and oxygen atoms in total. The number of aromatic nitrogens is 2. The highest BCUT2D eigenvalue weighted by Gasteiger charge is 2.27. The second-order valence-electron chi connectivity index (χ2n) is 6.75. The number of ether oxygens (including phenoxy) is 1. The predicted molar refractivity (Wildman–Crippen MR) is 92.6 cm³/mol. The Morgan fingerprint density at radius 1 is 1.08 bits per heavy atom. The predicted octanol–water partition coefficient (Wildman–Crippen LogP) is 5.19. The molecule has 0 unspecified atom stereocenters. The van der Waals surface area contributed by atoms with Gasteiger partial charge >= 0.3 is 0 Å². The van der Waals surface area contributed by atoms with Gasteiger partial charge in [-0.15, -0.1) is 0 Å². The molecule has 25 heavy (non-hydrogen) atoms. The zero-order chi connectivity index (χ0) is 17.2. The first-order valence-corrected chi connectivity index (χ1v) is 8.71. The van der Waals surface area contributed by atoms with Crippen LogP contribution in [0.3, 0.4) is 0 Å². The molecule has 1 saturated carbocycles. The van der Waals surface area contributed by atoms with E-state index in [9.17, 15) is 8.78 Å². The molecule has 2 aromatic carbocycles. The topological polar surface area (TPSA) is 37.9 Å². The van der Waals surface area contributed by atoms with Crippen LogP contribution in [-0.4, -0.2) is 16.8 Å². The summed E-state index contributed by atoms with van der Waals surface area (Å²) in [7, 11) is 0. The van der Waals surface area contributed by atoms with Crippen LogP contribution in [0.2, 0.25) is 0 Å². The Kier molecular flexibility index (Phi) is 4.38. The number of benzene rings is 2. The van der Waals surface area contributed by atoms with Crippen LogP contribution in [0.4, 0.5) is 8.78 Å². The van der Waals surface area contributed by atoms with Gasteiger partial charge in [-0.3, -0.25) is 5.10 Å². The van der Waals surface area contributed by atoms with E-state index in [1.165, 1.54) is 18.2 Å². The molecule has 2 atom stereocenters. The number of hydrogen-bond acceptors (Lipinski definition) is 2. The van der Waals surface area contributed by atoms with E-state index in [0.29, 0.717) is 24.0 Å². The lowest BCUT2D eigenvalue weighted by Gasteiger charge is -2.32. The Bertz CT molecular complexity index is 860. The molecule has 4 rings (SSSR count).